The zero-order valence-electron chi connectivity index (χ0n) is 9.24. The molecule has 2 saturated carbocycles. The molecule has 1 heterocycles. The van der Waals surface area contributed by atoms with Crippen molar-refractivity contribution < 1.29 is 14.3 Å². The number of halogens is 1. The number of rotatable bonds is 0. The lowest BCUT2D eigenvalue weighted by Crippen LogP contribution is -2.47. The minimum Gasteiger partial charge on any atom is -0.461 e. The number of ketones is 1. The van der Waals surface area contributed by atoms with Gasteiger partial charge in [-0.25, -0.2) is 0 Å². The molecule has 1 aliphatic heterocycles. The van der Waals surface area contributed by atoms with Gasteiger partial charge in [-0.3, -0.25) is 9.59 Å². The average molecular weight is 334 g/mol. The van der Waals surface area contributed by atoms with Crippen LogP contribution in [0, 0.1) is 17.3 Å². The molecule has 1 saturated heterocycles. The highest BCUT2D eigenvalue weighted by atomic mass is 127. The molecule has 3 nitrogen and oxygen atoms in total. The van der Waals surface area contributed by atoms with Crippen molar-refractivity contribution in [3.63, 3.8) is 0 Å². The third-order valence-electron chi connectivity index (χ3n) is 4.58. The summed E-state index contributed by atoms with van der Waals surface area (Å²) in [6, 6.07) is 0. The topological polar surface area (TPSA) is 43.4 Å². The molecule has 16 heavy (non-hydrogen) atoms. The van der Waals surface area contributed by atoms with Crippen molar-refractivity contribution in [2.75, 3.05) is 0 Å². The van der Waals surface area contributed by atoms with Crippen LogP contribution in [-0.2, 0) is 14.3 Å². The molecule has 3 rings (SSSR count). The fourth-order valence-electron chi connectivity index (χ4n) is 3.90. The van der Waals surface area contributed by atoms with E-state index in [1.165, 1.54) is 0 Å². The molecule has 4 heteroatoms. The van der Waals surface area contributed by atoms with Crippen LogP contribution in [0.3, 0.4) is 0 Å². The Labute approximate surface area is 108 Å². The van der Waals surface area contributed by atoms with Crippen LogP contribution < -0.4 is 0 Å². The van der Waals surface area contributed by atoms with Crippen LogP contribution in [0.5, 0.6) is 0 Å². The lowest BCUT2D eigenvalue weighted by molar-refractivity contribution is -0.143. The molecule has 5 atom stereocenters. The number of esters is 1. The number of alkyl halides is 1. The van der Waals surface area contributed by atoms with Gasteiger partial charge in [0.05, 0.1) is 6.42 Å². The maximum absolute atomic E-state index is 12.0. The smallest absolute Gasteiger partial charge is 0.306 e. The maximum atomic E-state index is 12.0. The monoisotopic (exact) mass is 334 g/mol. The minimum absolute atomic E-state index is 0.00627. The normalized spacial score (nSPS) is 51.1. The molecule has 0 bridgehead atoms. The van der Waals surface area contributed by atoms with Crippen LogP contribution in [-0.4, -0.2) is 21.8 Å². The molecule has 0 aromatic rings. The van der Waals surface area contributed by atoms with Crippen molar-refractivity contribution in [3.05, 3.63) is 0 Å². The number of ether oxygens (including phenoxy) is 1. The first-order valence-electron chi connectivity index (χ1n) is 5.87. The third kappa shape index (κ3) is 1.38. The molecule has 0 radical (unpaired) electrons. The summed E-state index contributed by atoms with van der Waals surface area (Å²) in [6.07, 6.45) is 3.15. The highest BCUT2D eigenvalue weighted by Crippen LogP contribution is 2.57. The van der Waals surface area contributed by atoms with Gasteiger partial charge in [0.15, 0.2) is 0 Å². The number of Topliss-reactive ketones (excluding diaryl/α,β-unsaturated/α-hetero) is 1. The van der Waals surface area contributed by atoms with E-state index in [9.17, 15) is 9.59 Å². The standard InChI is InChI=1S/C12H15IO3/c1-12-3-2-8(14)10(12)6-4-9(15)16-11(6)7(13)5-12/h6-7,10-11H,2-5H2,1H3/t6-,7-,10+,11-,12+/m1/s1. The second-order valence-corrected chi connectivity index (χ2v) is 7.24. The Kier molecular flexibility index (Phi) is 2.36. The van der Waals surface area contributed by atoms with Gasteiger partial charge in [-0.1, -0.05) is 29.5 Å². The van der Waals surface area contributed by atoms with Crippen LogP contribution in [0.2, 0.25) is 0 Å². The van der Waals surface area contributed by atoms with Gasteiger partial charge in [-0.15, -0.1) is 0 Å². The van der Waals surface area contributed by atoms with E-state index in [0.29, 0.717) is 22.5 Å². The lowest BCUT2D eigenvalue weighted by Gasteiger charge is -2.43. The number of carbonyl (C=O) groups excluding carboxylic acids is 2. The van der Waals surface area contributed by atoms with Gasteiger partial charge >= 0.3 is 5.97 Å². The summed E-state index contributed by atoms with van der Waals surface area (Å²) in [4.78, 5) is 23.4. The molecule has 3 fully saturated rings. The molecular formula is C12H15IO3. The third-order valence-corrected chi connectivity index (χ3v) is 5.73. The Bertz CT molecular complexity index is 367. The van der Waals surface area contributed by atoms with Gasteiger partial charge in [0.1, 0.15) is 11.9 Å². The first kappa shape index (κ1) is 11.0. The van der Waals surface area contributed by atoms with Crippen LogP contribution in [0.1, 0.15) is 32.6 Å². The van der Waals surface area contributed by atoms with Crippen molar-refractivity contribution in [2.24, 2.45) is 17.3 Å². The van der Waals surface area contributed by atoms with Gasteiger partial charge in [0.25, 0.3) is 0 Å². The molecule has 0 spiro atoms. The first-order valence-corrected chi connectivity index (χ1v) is 7.12. The predicted molar refractivity (Wildman–Crippen MR) is 66.3 cm³/mol. The second kappa shape index (κ2) is 3.43. The average Bonchev–Trinajstić information content (AvgIpc) is 2.68. The quantitative estimate of drug-likeness (QED) is 0.387. The summed E-state index contributed by atoms with van der Waals surface area (Å²) in [7, 11) is 0. The number of fused-ring (bicyclic) bond motifs is 3. The van der Waals surface area contributed by atoms with Gasteiger partial charge in [-0.2, -0.15) is 0 Å². The van der Waals surface area contributed by atoms with E-state index in [2.05, 4.69) is 29.5 Å². The summed E-state index contributed by atoms with van der Waals surface area (Å²) < 4.78 is 5.76. The molecule has 0 amide bonds. The van der Waals surface area contributed by atoms with Gasteiger partial charge in [0.2, 0.25) is 0 Å². The van der Waals surface area contributed by atoms with Gasteiger partial charge in [-0.05, 0) is 18.3 Å². The van der Waals surface area contributed by atoms with Crippen molar-refractivity contribution >= 4 is 34.3 Å². The Morgan fingerprint density at radius 3 is 2.94 bits per heavy atom. The predicted octanol–water partition coefficient (Wildman–Crippen LogP) is 2.11. The number of hydrogen-bond donors (Lipinski definition) is 0. The molecule has 2 aliphatic carbocycles. The second-order valence-electron chi connectivity index (χ2n) is 5.64. The fraction of sp³-hybridized carbons (Fsp3) is 0.833. The minimum atomic E-state index is -0.111. The van der Waals surface area contributed by atoms with E-state index >= 15 is 0 Å². The fourth-order valence-corrected chi connectivity index (χ4v) is 5.59. The molecule has 3 aliphatic rings. The van der Waals surface area contributed by atoms with Crippen LogP contribution in [0.4, 0.5) is 0 Å². The molecule has 0 aromatic heterocycles. The van der Waals surface area contributed by atoms with Crippen molar-refractivity contribution in [3.8, 4) is 0 Å². The number of hydrogen-bond acceptors (Lipinski definition) is 3. The summed E-state index contributed by atoms with van der Waals surface area (Å²) in [5, 5.41) is 0. The zero-order valence-corrected chi connectivity index (χ0v) is 11.4. The van der Waals surface area contributed by atoms with Crippen LogP contribution in [0.15, 0.2) is 0 Å². The Morgan fingerprint density at radius 2 is 2.19 bits per heavy atom. The summed E-state index contributed by atoms with van der Waals surface area (Å²) in [6.45, 7) is 2.22. The van der Waals surface area contributed by atoms with Gasteiger partial charge < -0.3 is 4.74 Å². The summed E-state index contributed by atoms with van der Waals surface area (Å²) in [5.74, 6) is 0.484. The van der Waals surface area contributed by atoms with Crippen molar-refractivity contribution in [1.29, 1.82) is 0 Å². The van der Waals surface area contributed by atoms with E-state index in [-0.39, 0.29) is 29.3 Å². The molecular weight excluding hydrogens is 319 g/mol. The molecule has 0 N–H and O–H groups in total. The number of carbonyl (C=O) groups is 2. The van der Waals surface area contributed by atoms with Crippen LogP contribution in [0.25, 0.3) is 0 Å². The SMILES string of the molecule is C[C@@]12CCC(=O)[C@@H]1[C@H]1CC(=O)O[C@H]1[C@H](I)C2. The van der Waals surface area contributed by atoms with E-state index in [4.69, 9.17) is 4.74 Å². The summed E-state index contributed by atoms with van der Waals surface area (Å²) >= 11 is 2.39. The first-order chi connectivity index (χ1) is 7.51. The Morgan fingerprint density at radius 1 is 1.44 bits per heavy atom. The van der Waals surface area contributed by atoms with Crippen molar-refractivity contribution in [2.45, 2.75) is 42.6 Å². The van der Waals surface area contributed by atoms with Crippen LogP contribution >= 0.6 is 22.6 Å². The largest absolute Gasteiger partial charge is 0.461 e. The molecule has 0 aromatic carbocycles. The zero-order chi connectivity index (χ0) is 11.5. The van der Waals surface area contributed by atoms with E-state index in [0.717, 1.165) is 12.8 Å². The van der Waals surface area contributed by atoms with Crippen molar-refractivity contribution in [1.82, 2.24) is 0 Å². The van der Waals surface area contributed by atoms with E-state index in [1.807, 2.05) is 0 Å². The van der Waals surface area contributed by atoms with E-state index < -0.39 is 0 Å². The Balaban J connectivity index is 1.98. The molecule has 0 unspecified atom stereocenters. The van der Waals surface area contributed by atoms with E-state index in [1.54, 1.807) is 0 Å². The highest BCUT2D eigenvalue weighted by Gasteiger charge is 2.59. The lowest BCUT2D eigenvalue weighted by atomic mass is 9.63. The maximum Gasteiger partial charge on any atom is 0.306 e. The summed E-state index contributed by atoms with van der Waals surface area (Å²) in [5.41, 5.74) is 0.123. The van der Waals surface area contributed by atoms with Gasteiger partial charge in [0, 0.05) is 22.2 Å². The highest BCUT2D eigenvalue weighted by molar-refractivity contribution is 14.1. The molecule has 88 valence electrons. The Hall–Kier alpha value is -0.130.